The SMILES string of the molecule is CCCCCCCCCPCc1ccccc1. The van der Waals surface area contributed by atoms with Crippen LogP contribution >= 0.6 is 8.58 Å². The van der Waals surface area contributed by atoms with Crippen molar-refractivity contribution in [3.63, 3.8) is 0 Å². The average molecular weight is 250 g/mol. The quantitative estimate of drug-likeness (QED) is 0.373. The molecular weight excluding hydrogens is 223 g/mol. The molecule has 96 valence electrons. The zero-order chi connectivity index (χ0) is 12.2. The minimum Gasteiger partial charge on any atom is -0.118 e. The molecule has 1 aromatic carbocycles. The molecule has 0 amide bonds. The van der Waals surface area contributed by atoms with Gasteiger partial charge in [-0.15, -0.1) is 8.58 Å². The highest BCUT2D eigenvalue weighted by atomic mass is 31.1. The van der Waals surface area contributed by atoms with E-state index in [-0.39, 0.29) is 0 Å². The van der Waals surface area contributed by atoms with Crippen molar-refractivity contribution >= 4 is 8.58 Å². The van der Waals surface area contributed by atoms with E-state index in [1.54, 1.807) is 0 Å². The highest BCUT2D eigenvalue weighted by Gasteiger charge is 1.93. The molecule has 1 atom stereocenters. The Balaban J connectivity index is 1.85. The maximum absolute atomic E-state index is 2.28. The molecule has 1 rings (SSSR count). The molecule has 0 saturated heterocycles. The van der Waals surface area contributed by atoms with Crippen LogP contribution in [0.5, 0.6) is 0 Å². The Morgan fingerprint density at radius 2 is 1.47 bits per heavy atom. The van der Waals surface area contributed by atoms with Crippen LogP contribution in [0.15, 0.2) is 30.3 Å². The van der Waals surface area contributed by atoms with E-state index in [1.165, 1.54) is 62.8 Å². The smallest absolute Gasteiger partial charge is 0.0101 e. The zero-order valence-corrected chi connectivity index (χ0v) is 12.3. The van der Waals surface area contributed by atoms with Gasteiger partial charge < -0.3 is 0 Å². The summed E-state index contributed by atoms with van der Waals surface area (Å²) in [6, 6.07) is 10.9. The number of rotatable bonds is 10. The average Bonchev–Trinajstić information content (AvgIpc) is 2.38. The molecule has 1 aromatic rings. The van der Waals surface area contributed by atoms with Crippen LogP contribution in [0.1, 0.15) is 57.4 Å². The number of hydrogen-bond donors (Lipinski definition) is 0. The van der Waals surface area contributed by atoms with Crippen molar-refractivity contribution in [3.8, 4) is 0 Å². The fourth-order valence-corrected chi connectivity index (χ4v) is 3.24. The molecule has 0 nitrogen and oxygen atoms in total. The Morgan fingerprint density at radius 1 is 0.824 bits per heavy atom. The summed E-state index contributed by atoms with van der Waals surface area (Å²) in [5, 5.41) is 0. The molecule has 0 aromatic heterocycles. The maximum Gasteiger partial charge on any atom is -0.0101 e. The lowest BCUT2D eigenvalue weighted by Crippen LogP contribution is -1.83. The molecule has 0 heterocycles. The van der Waals surface area contributed by atoms with E-state index in [9.17, 15) is 0 Å². The predicted molar refractivity (Wildman–Crippen MR) is 81.3 cm³/mol. The van der Waals surface area contributed by atoms with E-state index in [0.717, 1.165) is 8.58 Å². The lowest BCUT2D eigenvalue weighted by Gasteiger charge is -2.03. The molecule has 0 N–H and O–H groups in total. The second-order valence-electron chi connectivity index (χ2n) is 4.78. The second-order valence-corrected chi connectivity index (χ2v) is 6.14. The molecule has 0 radical (unpaired) electrons. The molecule has 1 heteroatoms. The molecule has 0 spiro atoms. The standard InChI is InChI=1S/C16H27P/c1-2-3-4-5-6-7-11-14-17-15-16-12-9-8-10-13-16/h8-10,12-13,17H,2-7,11,14-15H2,1H3. The van der Waals surface area contributed by atoms with E-state index in [4.69, 9.17) is 0 Å². The Bertz CT molecular complexity index is 255. The van der Waals surface area contributed by atoms with Crippen LogP contribution in [0.4, 0.5) is 0 Å². The van der Waals surface area contributed by atoms with E-state index < -0.39 is 0 Å². The molecule has 0 aliphatic heterocycles. The summed E-state index contributed by atoms with van der Waals surface area (Å²) in [7, 11) is 1.12. The van der Waals surface area contributed by atoms with Crippen molar-refractivity contribution in [3.05, 3.63) is 35.9 Å². The first-order chi connectivity index (χ1) is 8.43. The van der Waals surface area contributed by atoms with Gasteiger partial charge in [0, 0.05) is 0 Å². The van der Waals surface area contributed by atoms with Gasteiger partial charge in [0.15, 0.2) is 0 Å². The van der Waals surface area contributed by atoms with Gasteiger partial charge in [0.2, 0.25) is 0 Å². The third kappa shape index (κ3) is 8.38. The summed E-state index contributed by atoms with van der Waals surface area (Å²) in [4.78, 5) is 0. The van der Waals surface area contributed by atoms with E-state index in [1.807, 2.05) is 0 Å². The van der Waals surface area contributed by atoms with Gasteiger partial charge in [-0.05, 0) is 24.3 Å². The van der Waals surface area contributed by atoms with Gasteiger partial charge in [-0.2, -0.15) is 0 Å². The molecule has 0 fully saturated rings. The van der Waals surface area contributed by atoms with Gasteiger partial charge in [-0.25, -0.2) is 0 Å². The Kier molecular flexibility index (Phi) is 9.33. The molecular formula is C16H27P. The number of benzene rings is 1. The van der Waals surface area contributed by atoms with Crippen LogP contribution in [-0.2, 0) is 6.16 Å². The van der Waals surface area contributed by atoms with Crippen LogP contribution in [-0.4, -0.2) is 6.16 Å². The van der Waals surface area contributed by atoms with Gasteiger partial charge >= 0.3 is 0 Å². The summed E-state index contributed by atoms with van der Waals surface area (Å²) in [5.74, 6) is 0. The highest BCUT2D eigenvalue weighted by molar-refractivity contribution is 7.37. The number of unbranched alkanes of at least 4 members (excludes halogenated alkanes) is 6. The Labute approximate surface area is 109 Å². The van der Waals surface area contributed by atoms with Crippen molar-refractivity contribution in [2.45, 2.75) is 58.0 Å². The van der Waals surface area contributed by atoms with Crippen LogP contribution in [0.25, 0.3) is 0 Å². The normalized spacial score (nSPS) is 11.4. The summed E-state index contributed by atoms with van der Waals surface area (Å²) in [5.41, 5.74) is 1.51. The summed E-state index contributed by atoms with van der Waals surface area (Å²) in [6.07, 6.45) is 12.8. The third-order valence-electron chi connectivity index (χ3n) is 3.13. The lowest BCUT2D eigenvalue weighted by atomic mass is 10.1. The van der Waals surface area contributed by atoms with Gasteiger partial charge in [0.1, 0.15) is 0 Å². The molecule has 0 aliphatic rings. The maximum atomic E-state index is 2.28. The van der Waals surface area contributed by atoms with Crippen LogP contribution in [0, 0.1) is 0 Å². The van der Waals surface area contributed by atoms with Crippen molar-refractivity contribution in [2.24, 2.45) is 0 Å². The van der Waals surface area contributed by atoms with Gasteiger partial charge in [0.25, 0.3) is 0 Å². The first-order valence-electron chi connectivity index (χ1n) is 7.18. The minimum absolute atomic E-state index is 1.12. The van der Waals surface area contributed by atoms with E-state index in [2.05, 4.69) is 37.3 Å². The largest absolute Gasteiger partial charge is 0.118 e. The van der Waals surface area contributed by atoms with Crippen LogP contribution in [0.2, 0.25) is 0 Å². The summed E-state index contributed by atoms with van der Waals surface area (Å²) in [6.45, 7) is 2.28. The predicted octanol–water partition coefficient (Wildman–Crippen LogP) is 5.62. The van der Waals surface area contributed by atoms with Gasteiger partial charge in [-0.1, -0.05) is 75.8 Å². The monoisotopic (exact) mass is 250 g/mol. The topological polar surface area (TPSA) is 0 Å². The second kappa shape index (κ2) is 10.8. The minimum atomic E-state index is 1.12. The molecule has 1 unspecified atom stereocenters. The third-order valence-corrected chi connectivity index (χ3v) is 4.49. The molecule has 17 heavy (non-hydrogen) atoms. The molecule has 0 saturated carbocycles. The van der Waals surface area contributed by atoms with Gasteiger partial charge in [-0.3, -0.25) is 0 Å². The lowest BCUT2D eigenvalue weighted by molar-refractivity contribution is 0.603. The Hall–Kier alpha value is -0.350. The summed E-state index contributed by atoms with van der Waals surface area (Å²) < 4.78 is 0. The molecule has 0 bridgehead atoms. The van der Waals surface area contributed by atoms with E-state index in [0.29, 0.717) is 0 Å². The van der Waals surface area contributed by atoms with Crippen molar-refractivity contribution in [1.29, 1.82) is 0 Å². The summed E-state index contributed by atoms with van der Waals surface area (Å²) >= 11 is 0. The van der Waals surface area contributed by atoms with Crippen molar-refractivity contribution < 1.29 is 0 Å². The van der Waals surface area contributed by atoms with E-state index >= 15 is 0 Å². The highest BCUT2D eigenvalue weighted by Crippen LogP contribution is 2.20. The van der Waals surface area contributed by atoms with Crippen LogP contribution < -0.4 is 0 Å². The first-order valence-corrected chi connectivity index (χ1v) is 8.59. The molecule has 0 aliphatic carbocycles. The fourth-order valence-electron chi connectivity index (χ4n) is 2.04. The first kappa shape index (κ1) is 14.7. The van der Waals surface area contributed by atoms with Crippen molar-refractivity contribution in [1.82, 2.24) is 0 Å². The Morgan fingerprint density at radius 3 is 2.18 bits per heavy atom. The fraction of sp³-hybridized carbons (Fsp3) is 0.625. The zero-order valence-electron chi connectivity index (χ0n) is 11.3. The van der Waals surface area contributed by atoms with Crippen molar-refractivity contribution in [2.75, 3.05) is 6.16 Å². The number of hydrogen-bond acceptors (Lipinski definition) is 0. The van der Waals surface area contributed by atoms with Gasteiger partial charge in [0.05, 0.1) is 0 Å². The van der Waals surface area contributed by atoms with Crippen LogP contribution in [0.3, 0.4) is 0 Å².